The zero-order valence-electron chi connectivity index (χ0n) is 8.73. The number of fused-ring (bicyclic) bond motifs is 1. The van der Waals surface area contributed by atoms with E-state index in [4.69, 9.17) is 9.47 Å². The number of methoxy groups -OCH3 is 2. The molecule has 1 aromatic carbocycles. The van der Waals surface area contributed by atoms with Gasteiger partial charge >= 0.3 is 0 Å². The van der Waals surface area contributed by atoms with Crippen LogP contribution >= 0.6 is 0 Å². The molecule has 1 aliphatic carbocycles. The van der Waals surface area contributed by atoms with Gasteiger partial charge in [-0.05, 0) is 23.3 Å². The highest BCUT2D eigenvalue weighted by atomic mass is 16.5. The zero-order valence-corrected chi connectivity index (χ0v) is 8.73. The van der Waals surface area contributed by atoms with Crippen molar-refractivity contribution in [1.29, 1.82) is 0 Å². The molecular formula is C11H14O4. The van der Waals surface area contributed by atoms with Crippen LogP contribution in [0.3, 0.4) is 0 Å². The Morgan fingerprint density at radius 2 is 1.73 bits per heavy atom. The van der Waals surface area contributed by atoms with E-state index in [0.29, 0.717) is 17.9 Å². The highest BCUT2D eigenvalue weighted by molar-refractivity contribution is 5.50. The third-order valence-corrected chi connectivity index (χ3v) is 2.76. The van der Waals surface area contributed by atoms with E-state index in [1.165, 1.54) is 0 Å². The Balaban J connectivity index is 2.48. The van der Waals surface area contributed by atoms with Crippen molar-refractivity contribution in [3.63, 3.8) is 0 Å². The Hall–Kier alpha value is -1.26. The second kappa shape index (κ2) is 3.72. The topological polar surface area (TPSA) is 58.9 Å². The van der Waals surface area contributed by atoms with Gasteiger partial charge in [0, 0.05) is 6.42 Å². The van der Waals surface area contributed by atoms with Gasteiger partial charge in [0.1, 0.15) is 6.10 Å². The van der Waals surface area contributed by atoms with E-state index < -0.39 is 12.2 Å². The average Bonchev–Trinajstić information content (AvgIpc) is 2.53. The zero-order chi connectivity index (χ0) is 11.0. The Labute approximate surface area is 88.1 Å². The van der Waals surface area contributed by atoms with Crippen LogP contribution in [0.5, 0.6) is 11.5 Å². The monoisotopic (exact) mass is 210 g/mol. The molecule has 2 N–H and O–H groups in total. The standard InChI is InChI=1S/C11H14O4/c1-14-9-4-6-3-8(12)11(13)7(6)5-10(9)15-2/h4-5,8,11-13H,3H2,1-2H3. The molecule has 0 saturated heterocycles. The van der Waals surface area contributed by atoms with E-state index in [0.717, 1.165) is 11.1 Å². The molecule has 0 aromatic heterocycles. The lowest BCUT2D eigenvalue weighted by atomic mass is 10.1. The molecule has 0 heterocycles. The first-order valence-electron chi connectivity index (χ1n) is 4.78. The summed E-state index contributed by atoms with van der Waals surface area (Å²) < 4.78 is 10.3. The predicted molar refractivity (Wildman–Crippen MR) is 54.2 cm³/mol. The van der Waals surface area contributed by atoms with Crippen LogP contribution in [-0.4, -0.2) is 30.5 Å². The van der Waals surface area contributed by atoms with Gasteiger partial charge in [-0.1, -0.05) is 0 Å². The lowest BCUT2D eigenvalue weighted by Crippen LogP contribution is -2.11. The first kappa shape index (κ1) is 10.3. The molecule has 1 aromatic rings. The number of aliphatic hydroxyl groups is 2. The molecule has 4 nitrogen and oxygen atoms in total. The third-order valence-electron chi connectivity index (χ3n) is 2.76. The SMILES string of the molecule is COc1cc2c(cc1OC)C(O)C(O)C2. The molecule has 0 fully saturated rings. The highest BCUT2D eigenvalue weighted by Crippen LogP contribution is 2.39. The van der Waals surface area contributed by atoms with E-state index in [1.54, 1.807) is 26.4 Å². The number of hydrogen-bond donors (Lipinski definition) is 2. The molecule has 0 bridgehead atoms. The second-order valence-corrected chi connectivity index (χ2v) is 3.62. The van der Waals surface area contributed by atoms with Crippen LogP contribution in [0.2, 0.25) is 0 Å². The smallest absolute Gasteiger partial charge is 0.161 e. The van der Waals surface area contributed by atoms with Gasteiger partial charge in [-0.15, -0.1) is 0 Å². The minimum atomic E-state index is -0.820. The van der Waals surface area contributed by atoms with Crippen LogP contribution in [0.4, 0.5) is 0 Å². The first-order valence-corrected chi connectivity index (χ1v) is 4.78. The van der Waals surface area contributed by atoms with E-state index >= 15 is 0 Å². The maximum absolute atomic E-state index is 9.69. The third kappa shape index (κ3) is 1.56. The molecule has 0 radical (unpaired) electrons. The fourth-order valence-corrected chi connectivity index (χ4v) is 1.93. The van der Waals surface area contributed by atoms with Crippen LogP contribution in [0.25, 0.3) is 0 Å². The number of benzene rings is 1. The number of hydrogen-bond acceptors (Lipinski definition) is 4. The second-order valence-electron chi connectivity index (χ2n) is 3.62. The van der Waals surface area contributed by atoms with Gasteiger partial charge in [-0.3, -0.25) is 0 Å². The first-order chi connectivity index (χ1) is 7.17. The molecular weight excluding hydrogens is 196 g/mol. The van der Waals surface area contributed by atoms with Gasteiger partial charge in [0.15, 0.2) is 11.5 Å². The van der Waals surface area contributed by atoms with Gasteiger partial charge in [0.05, 0.1) is 20.3 Å². The van der Waals surface area contributed by atoms with Crippen molar-refractivity contribution < 1.29 is 19.7 Å². The molecule has 2 atom stereocenters. The highest BCUT2D eigenvalue weighted by Gasteiger charge is 2.30. The number of rotatable bonds is 2. The summed E-state index contributed by atoms with van der Waals surface area (Å²) >= 11 is 0. The van der Waals surface area contributed by atoms with E-state index in [1.807, 2.05) is 0 Å². The molecule has 1 aliphatic rings. The molecule has 2 unspecified atom stereocenters. The summed E-state index contributed by atoms with van der Waals surface area (Å²) in [6.45, 7) is 0. The van der Waals surface area contributed by atoms with Crippen molar-refractivity contribution in [2.24, 2.45) is 0 Å². The molecule has 82 valence electrons. The van der Waals surface area contributed by atoms with Crippen molar-refractivity contribution in [3.8, 4) is 11.5 Å². The van der Waals surface area contributed by atoms with Crippen molar-refractivity contribution in [1.82, 2.24) is 0 Å². The molecule has 0 amide bonds. The minimum Gasteiger partial charge on any atom is -0.493 e. The summed E-state index contributed by atoms with van der Waals surface area (Å²) in [7, 11) is 3.11. The normalized spacial score (nSPS) is 23.7. The summed E-state index contributed by atoms with van der Waals surface area (Å²) in [6.07, 6.45) is -1.09. The summed E-state index contributed by atoms with van der Waals surface area (Å²) in [5.41, 5.74) is 1.63. The van der Waals surface area contributed by atoms with Gasteiger partial charge in [0.25, 0.3) is 0 Å². The van der Waals surface area contributed by atoms with Crippen molar-refractivity contribution >= 4 is 0 Å². The van der Waals surface area contributed by atoms with E-state index in [9.17, 15) is 10.2 Å². The van der Waals surface area contributed by atoms with Crippen LogP contribution in [0.15, 0.2) is 12.1 Å². The quantitative estimate of drug-likeness (QED) is 0.752. The fraction of sp³-hybridized carbons (Fsp3) is 0.455. The van der Waals surface area contributed by atoms with Gasteiger partial charge < -0.3 is 19.7 Å². The minimum absolute atomic E-state index is 0.455. The van der Waals surface area contributed by atoms with Crippen molar-refractivity contribution in [2.45, 2.75) is 18.6 Å². The van der Waals surface area contributed by atoms with Gasteiger partial charge in [0.2, 0.25) is 0 Å². The summed E-state index contributed by atoms with van der Waals surface area (Å²) in [5, 5.41) is 19.2. The van der Waals surface area contributed by atoms with Crippen LogP contribution in [0.1, 0.15) is 17.2 Å². The lowest BCUT2D eigenvalue weighted by molar-refractivity contribution is 0.0325. The summed E-state index contributed by atoms with van der Waals surface area (Å²) in [4.78, 5) is 0. The molecule has 0 saturated carbocycles. The predicted octanol–water partition coefficient (Wildman–Crippen LogP) is 0.654. The lowest BCUT2D eigenvalue weighted by Gasteiger charge is -2.11. The maximum atomic E-state index is 9.69. The Morgan fingerprint density at radius 1 is 1.13 bits per heavy atom. The number of ether oxygens (including phenoxy) is 2. The van der Waals surface area contributed by atoms with Crippen molar-refractivity contribution in [3.05, 3.63) is 23.3 Å². The maximum Gasteiger partial charge on any atom is 0.161 e. The van der Waals surface area contributed by atoms with E-state index in [-0.39, 0.29) is 0 Å². The Morgan fingerprint density at radius 3 is 2.33 bits per heavy atom. The Bertz CT molecular complexity index is 375. The van der Waals surface area contributed by atoms with E-state index in [2.05, 4.69) is 0 Å². The largest absolute Gasteiger partial charge is 0.493 e. The van der Waals surface area contributed by atoms with Crippen LogP contribution < -0.4 is 9.47 Å². The number of aliphatic hydroxyl groups excluding tert-OH is 2. The van der Waals surface area contributed by atoms with Crippen molar-refractivity contribution in [2.75, 3.05) is 14.2 Å². The van der Waals surface area contributed by atoms with Gasteiger partial charge in [-0.25, -0.2) is 0 Å². The summed E-state index contributed by atoms with van der Waals surface area (Å²) in [5.74, 6) is 1.20. The van der Waals surface area contributed by atoms with Gasteiger partial charge in [-0.2, -0.15) is 0 Å². The Kier molecular flexibility index (Phi) is 2.54. The molecule has 0 aliphatic heterocycles. The average molecular weight is 210 g/mol. The van der Waals surface area contributed by atoms with Crippen LogP contribution in [-0.2, 0) is 6.42 Å². The fourth-order valence-electron chi connectivity index (χ4n) is 1.93. The molecule has 15 heavy (non-hydrogen) atoms. The van der Waals surface area contributed by atoms with Crippen LogP contribution in [0, 0.1) is 0 Å². The molecule has 4 heteroatoms. The molecule has 0 spiro atoms. The molecule has 2 rings (SSSR count). The summed E-state index contributed by atoms with van der Waals surface area (Å²) in [6, 6.07) is 3.52.